The lowest BCUT2D eigenvalue weighted by Crippen LogP contribution is -2.13. The molecule has 0 aliphatic rings. The number of hydrogen-bond acceptors (Lipinski definition) is 4. The van der Waals surface area contributed by atoms with Crippen molar-refractivity contribution in [3.63, 3.8) is 0 Å². The van der Waals surface area contributed by atoms with Crippen molar-refractivity contribution in [1.29, 1.82) is 0 Å². The molecule has 0 saturated carbocycles. The van der Waals surface area contributed by atoms with Crippen LogP contribution in [0, 0.1) is 5.92 Å². The topological polar surface area (TPSA) is 72.7 Å². The van der Waals surface area contributed by atoms with Gasteiger partial charge in [0.25, 0.3) is 0 Å². The van der Waals surface area contributed by atoms with Gasteiger partial charge in [-0.2, -0.15) is 0 Å². The fraction of sp³-hybridized carbons (Fsp3) is 0.333. The molecule has 0 spiro atoms. The monoisotopic (exact) mass is 245 g/mol. The molecule has 0 aliphatic heterocycles. The van der Waals surface area contributed by atoms with Crippen molar-refractivity contribution in [3.8, 4) is 5.69 Å². The molecule has 2 rings (SSSR count). The zero-order valence-electron chi connectivity index (χ0n) is 10.4. The van der Waals surface area contributed by atoms with Crippen LogP contribution in [0.2, 0.25) is 0 Å². The summed E-state index contributed by atoms with van der Waals surface area (Å²) in [5, 5.41) is 13.8. The van der Waals surface area contributed by atoms with Crippen molar-refractivity contribution in [1.82, 2.24) is 20.2 Å². The number of nitrogens with zero attached hydrogens (tertiary/aromatic N) is 4. The Labute approximate surface area is 105 Å². The van der Waals surface area contributed by atoms with Gasteiger partial charge in [-0.1, -0.05) is 13.8 Å². The summed E-state index contributed by atoms with van der Waals surface area (Å²) in [7, 11) is 0. The van der Waals surface area contributed by atoms with Crippen LogP contribution in [0.4, 0.5) is 5.69 Å². The minimum atomic E-state index is 0.0279. The highest BCUT2D eigenvalue weighted by Crippen LogP contribution is 2.13. The third-order valence-electron chi connectivity index (χ3n) is 2.36. The average Bonchev–Trinajstić information content (AvgIpc) is 2.82. The molecule has 0 saturated heterocycles. The molecule has 0 atom stereocenters. The van der Waals surface area contributed by atoms with Crippen LogP contribution in [-0.2, 0) is 4.79 Å². The van der Waals surface area contributed by atoms with Gasteiger partial charge in [0.15, 0.2) is 0 Å². The van der Waals surface area contributed by atoms with Gasteiger partial charge < -0.3 is 5.32 Å². The summed E-state index contributed by atoms with van der Waals surface area (Å²) in [4.78, 5) is 11.6. The fourth-order valence-electron chi connectivity index (χ4n) is 1.56. The molecular weight excluding hydrogens is 230 g/mol. The molecule has 0 bridgehead atoms. The van der Waals surface area contributed by atoms with E-state index in [-0.39, 0.29) is 5.91 Å². The van der Waals surface area contributed by atoms with Gasteiger partial charge in [0.05, 0.1) is 5.69 Å². The Morgan fingerprint density at radius 3 is 2.61 bits per heavy atom. The number of tetrazole rings is 1. The highest BCUT2D eigenvalue weighted by Gasteiger charge is 2.05. The SMILES string of the molecule is CC(C)CC(=O)Nc1ccc(-n2cnnn2)cc1. The first-order valence-corrected chi connectivity index (χ1v) is 5.78. The molecule has 94 valence electrons. The van der Waals surface area contributed by atoms with Crippen molar-refractivity contribution in [3.05, 3.63) is 30.6 Å². The number of carbonyl (C=O) groups is 1. The second-order valence-electron chi connectivity index (χ2n) is 4.45. The van der Waals surface area contributed by atoms with Gasteiger partial charge >= 0.3 is 0 Å². The zero-order chi connectivity index (χ0) is 13.0. The van der Waals surface area contributed by atoms with Gasteiger partial charge in [0, 0.05) is 12.1 Å². The first-order chi connectivity index (χ1) is 8.65. The predicted octanol–water partition coefficient (Wildman–Crippen LogP) is 1.65. The third kappa shape index (κ3) is 3.13. The van der Waals surface area contributed by atoms with Gasteiger partial charge in [-0.25, -0.2) is 4.68 Å². The standard InChI is InChI=1S/C12H15N5O/c1-9(2)7-12(18)14-10-3-5-11(6-4-10)17-8-13-15-16-17/h3-6,8-9H,7H2,1-2H3,(H,14,18). The van der Waals surface area contributed by atoms with E-state index in [1.165, 1.54) is 6.33 Å². The van der Waals surface area contributed by atoms with Crippen LogP contribution in [0.25, 0.3) is 5.69 Å². The van der Waals surface area contributed by atoms with E-state index in [9.17, 15) is 4.79 Å². The zero-order valence-corrected chi connectivity index (χ0v) is 10.4. The van der Waals surface area contributed by atoms with Gasteiger partial charge in [-0.05, 0) is 40.6 Å². The second kappa shape index (κ2) is 5.39. The molecule has 1 aromatic heterocycles. The van der Waals surface area contributed by atoms with Crippen LogP contribution in [0.1, 0.15) is 20.3 Å². The average molecular weight is 245 g/mol. The fourth-order valence-corrected chi connectivity index (χ4v) is 1.56. The normalized spacial score (nSPS) is 10.6. The maximum absolute atomic E-state index is 11.6. The van der Waals surface area contributed by atoms with E-state index in [4.69, 9.17) is 0 Å². The lowest BCUT2D eigenvalue weighted by molar-refractivity contribution is -0.116. The number of benzene rings is 1. The number of rotatable bonds is 4. The van der Waals surface area contributed by atoms with Crippen LogP contribution >= 0.6 is 0 Å². The summed E-state index contributed by atoms with van der Waals surface area (Å²) < 4.78 is 1.56. The first-order valence-electron chi connectivity index (χ1n) is 5.78. The van der Waals surface area contributed by atoms with Crippen LogP contribution in [0.5, 0.6) is 0 Å². The summed E-state index contributed by atoms with van der Waals surface area (Å²) in [6.07, 6.45) is 2.04. The number of amides is 1. The highest BCUT2D eigenvalue weighted by atomic mass is 16.1. The predicted molar refractivity (Wildman–Crippen MR) is 67.2 cm³/mol. The molecule has 1 heterocycles. The van der Waals surface area contributed by atoms with Crippen LogP contribution in [-0.4, -0.2) is 26.1 Å². The quantitative estimate of drug-likeness (QED) is 0.888. The molecule has 0 radical (unpaired) electrons. The summed E-state index contributed by atoms with van der Waals surface area (Å²) in [5.41, 5.74) is 1.62. The van der Waals surface area contributed by atoms with E-state index in [1.807, 2.05) is 38.1 Å². The second-order valence-corrected chi connectivity index (χ2v) is 4.45. The van der Waals surface area contributed by atoms with Gasteiger partial charge in [-0.3, -0.25) is 4.79 Å². The summed E-state index contributed by atoms with van der Waals surface area (Å²) in [6, 6.07) is 7.35. The summed E-state index contributed by atoms with van der Waals surface area (Å²) >= 11 is 0. The van der Waals surface area contributed by atoms with Crippen molar-refractivity contribution in [2.24, 2.45) is 5.92 Å². The first kappa shape index (κ1) is 12.2. The molecule has 0 unspecified atom stereocenters. The molecule has 6 nitrogen and oxygen atoms in total. The molecule has 2 aromatic rings. The number of hydrogen-bond donors (Lipinski definition) is 1. The number of nitrogens with one attached hydrogen (secondary N) is 1. The van der Waals surface area contributed by atoms with Crippen LogP contribution < -0.4 is 5.32 Å². The van der Waals surface area contributed by atoms with Gasteiger partial charge in [-0.15, -0.1) is 5.10 Å². The van der Waals surface area contributed by atoms with E-state index < -0.39 is 0 Å². The van der Waals surface area contributed by atoms with E-state index in [1.54, 1.807) is 4.68 Å². The highest BCUT2D eigenvalue weighted by molar-refractivity contribution is 5.90. The number of aromatic nitrogens is 4. The van der Waals surface area contributed by atoms with Crippen LogP contribution in [0.3, 0.4) is 0 Å². The maximum Gasteiger partial charge on any atom is 0.224 e. The third-order valence-corrected chi connectivity index (χ3v) is 2.36. The van der Waals surface area contributed by atoms with Crippen LogP contribution in [0.15, 0.2) is 30.6 Å². The Bertz CT molecular complexity index is 504. The molecule has 0 aliphatic carbocycles. The van der Waals surface area contributed by atoms with E-state index >= 15 is 0 Å². The lowest BCUT2D eigenvalue weighted by Gasteiger charge is -2.07. The van der Waals surface area contributed by atoms with Crippen molar-refractivity contribution >= 4 is 11.6 Å². The van der Waals surface area contributed by atoms with Crippen molar-refractivity contribution in [2.75, 3.05) is 5.32 Å². The molecule has 1 N–H and O–H groups in total. The van der Waals surface area contributed by atoms with E-state index in [0.29, 0.717) is 12.3 Å². The number of carbonyl (C=O) groups excluding carboxylic acids is 1. The molecule has 6 heteroatoms. The minimum Gasteiger partial charge on any atom is -0.326 e. The molecule has 18 heavy (non-hydrogen) atoms. The van der Waals surface area contributed by atoms with E-state index in [0.717, 1.165) is 11.4 Å². The van der Waals surface area contributed by atoms with Crippen molar-refractivity contribution < 1.29 is 4.79 Å². The summed E-state index contributed by atoms with van der Waals surface area (Å²) in [6.45, 7) is 4.03. The van der Waals surface area contributed by atoms with E-state index in [2.05, 4.69) is 20.8 Å². The largest absolute Gasteiger partial charge is 0.326 e. The van der Waals surface area contributed by atoms with Gasteiger partial charge in [0.2, 0.25) is 5.91 Å². The lowest BCUT2D eigenvalue weighted by atomic mass is 10.1. The Morgan fingerprint density at radius 1 is 1.33 bits per heavy atom. The molecule has 1 aromatic carbocycles. The van der Waals surface area contributed by atoms with Crippen molar-refractivity contribution in [2.45, 2.75) is 20.3 Å². The Kier molecular flexibility index (Phi) is 3.66. The number of anilines is 1. The Hall–Kier alpha value is -2.24. The smallest absolute Gasteiger partial charge is 0.224 e. The molecule has 0 fully saturated rings. The van der Waals surface area contributed by atoms with Gasteiger partial charge in [0.1, 0.15) is 6.33 Å². The Balaban J connectivity index is 2.02. The summed E-state index contributed by atoms with van der Waals surface area (Å²) in [5.74, 6) is 0.380. The molecule has 1 amide bonds. The minimum absolute atomic E-state index is 0.0279. The molecular formula is C12H15N5O. The maximum atomic E-state index is 11.6. The Morgan fingerprint density at radius 2 is 2.06 bits per heavy atom.